The third-order valence-corrected chi connectivity index (χ3v) is 5.34. The minimum Gasteiger partial charge on any atom is -0.369 e. The van der Waals surface area contributed by atoms with Gasteiger partial charge in [0.2, 0.25) is 5.95 Å². The van der Waals surface area contributed by atoms with Crippen LogP contribution in [0.15, 0.2) is 79.0 Å². The molecule has 0 aliphatic carbocycles. The van der Waals surface area contributed by atoms with Crippen LogP contribution in [-0.4, -0.2) is 20.3 Å². The second-order valence-corrected chi connectivity index (χ2v) is 7.56. The fourth-order valence-corrected chi connectivity index (χ4v) is 3.74. The van der Waals surface area contributed by atoms with E-state index in [1.807, 2.05) is 90.3 Å². The molecule has 31 heavy (non-hydrogen) atoms. The summed E-state index contributed by atoms with van der Waals surface area (Å²) in [5.74, 6) is 0.287. The molecule has 5 rings (SSSR count). The van der Waals surface area contributed by atoms with Gasteiger partial charge in [-0.2, -0.15) is 0 Å². The van der Waals surface area contributed by atoms with Crippen LogP contribution in [0.3, 0.4) is 0 Å². The highest BCUT2D eigenvalue weighted by Crippen LogP contribution is 2.24. The van der Waals surface area contributed by atoms with Crippen LogP contribution in [0.2, 0.25) is 0 Å². The van der Waals surface area contributed by atoms with Gasteiger partial charge in [0.05, 0.1) is 11.2 Å². The summed E-state index contributed by atoms with van der Waals surface area (Å²) in [7, 11) is 0. The molecule has 5 aromatic rings. The quantitative estimate of drug-likeness (QED) is 0.455. The first-order valence-corrected chi connectivity index (χ1v) is 10.1. The zero-order chi connectivity index (χ0) is 21.4. The Balaban J connectivity index is 1.40. The van der Waals surface area contributed by atoms with Gasteiger partial charge in [-0.25, -0.2) is 9.97 Å². The topological polar surface area (TPSA) is 85.3 Å². The maximum Gasteiger partial charge on any atom is 0.255 e. The first-order chi connectivity index (χ1) is 15.1. The van der Waals surface area contributed by atoms with E-state index in [1.54, 1.807) is 0 Å². The van der Waals surface area contributed by atoms with E-state index in [2.05, 4.69) is 10.3 Å². The van der Waals surface area contributed by atoms with Crippen LogP contribution < -0.4 is 11.1 Å². The molecule has 0 aliphatic rings. The maximum absolute atomic E-state index is 12.4. The fourth-order valence-electron chi connectivity index (χ4n) is 3.74. The molecule has 0 bridgehead atoms. The number of amides is 1. The molecule has 0 aliphatic heterocycles. The van der Waals surface area contributed by atoms with Gasteiger partial charge in [-0.3, -0.25) is 9.20 Å². The molecule has 2 heterocycles. The van der Waals surface area contributed by atoms with E-state index >= 15 is 0 Å². The van der Waals surface area contributed by atoms with Crippen LogP contribution in [-0.2, 0) is 6.42 Å². The average molecular weight is 407 g/mol. The van der Waals surface area contributed by atoms with Crippen LogP contribution >= 0.6 is 0 Å². The Morgan fingerprint density at radius 1 is 0.968 bits per heavy atom. The largest absolute Gasteiger partial charge is 0.369 e. The summed E-state index contributed by atoms with van der Waals surface area (Å²) in [5, 5.41) is 3.88. The second kappa shape index (κ2) is 7.57. The zero-order valence-corrected chi connectivity index (χ0v) is 17.0. The number of aryl methyl sites for hydroxylation is 1. The molecule has 0 saturated carbocycles. The molecule has 3 aromatic carbocycles. The minimum atomic E-state index is -0.133. The van der Waals surface area contributed by atoms with Crippen molar-refractivity contribution in [2.24, 2.45) is 0 Å². The van der Waals surface area contributed by atoms with Crippen LogP contribution in [0, 0.1) is 6.92 Å². The third-order valence-electron chi connectivity index (χ3n) is 5.34. The highest BCUT2D eigenvalue weighted by Gasteiger charge is 2.12. The molecule has 1 amide bonds. The number of anilines is 2. The van der Waals surface area contributed by atoms with Gasteiger partial charge >= 0.3 is 0 Å². The summed E-state index contributed by atoms with van der Waals surface area (Å²) in [6, 6.07) is 23.0. The number of nitrogen functional groups attached to an aromatic ring is 1. The minimum absolute atomic E-state index is 0.133. The molecule has 0 atom stereocenters. The Bertz CT molecular complexity index is 1410. The number of rotatable bonds is 4. The van der Waals surface area contributed by atoms with Crippen molar-refractivity contribution in [1.29, 1.82) is 0 Å². The fraction of sp³-hybridized carbons (Fsp3) is 0.0800. The van der Waals surface area contributed by atoms with E-state index in [0.717, 1.165) is 39.1 Å². The van der Waals surface area contributed by atoms with E-state index in [9.17, 15) is 4.79 Å². The number of para-hydroxylation sites is 2. The van der Waals surface area contributed by atoms with E-state index in [0.29, 0.717) is 17.9 Å². The molecule has 0 radical (unpaired) electrons. The third kappa shape index (κ3) is 3.59. The predicted octanol–water partition coefficient (Wildman–Crippen LogP) is 4.62. The van der Waals surface area contributed by atoms with Gasteiger partial charge in [-0.15, -0.1) is 0 Å². The van der Waals surface area contributed by atoms with E-state index in [-0.39, 0.29) is 5.91 Å². The summed E-state index contributed by atoms with van der Waals surface area (Å²) >= 11 is 0. The van der Waals surface area contributed by atoms with E-state index in [1.165, 1.54) is 0 Å². The molecule has 6 nitrogen and oxygen atoms in total. The number of carbonyl (C=O) groups is 1. The van der Waals surface area contributed by atoms with Crippen LogP contribution in [0.4, 0.5) is 11.6 Å². The number of nitrogens with one attached hydrogen (secondary N) is 1. The van der Waals surface area contributed by atoms with Crippen molar-refractivity contribution in [3.8, 4) is 0 Å². The maximum atomic E-state index is 12.4. The Kier molecular flexibility index (Phi) is 4.59. The number of fused-ring (bicyclic) bond motifs is 3. The normalized spacial score (nSPS) is 11.1. The number of nitrogens with two attached hydrogens (primary N) is 1. The van der Waals surface area contributed by atoms with E-state index < -0.39 is 0 Å². The second-order valence-electron chi connectivity index (χ2n) is 7.56. The highest BCUT2D eigenvalue weighted by molar-refractivity contribution is 6.04. The lowest BCUT2D eigenvalue weighted by Crippen LogP contribution is -2.11. The lowest BCUT2D eigenvalue weighted by atomic mass is 10.1. The van der Waals surface area contributed by atoms with Crippen molar-refractivity contribution in [3.63, 3.8) is 0 Å². The van der Waals surface area contributed by atoms with Crippen LogP contribution in [0.1, 0.15) is 27.2 Å². The van der Waals surface area contributed by atoms with Gasteiger partial charge in [-0.1, -0.05) is 42.5 Å². The number of benzene rings is 3. The number of carbonyl (C=O) groups excluding carboxylic acids is 1. The van der Waals surface area contributed by atoms with Crippen molar-refractivity contribution >= 4 is 34.1 Å². The van der Waals surface area contributed by atoms with Crippen molar-refractivity contribution in [3.05, 3.63) is 101 Å². The zero-order valence-electron chi connectivity index (χ0n) is 17.0. The predicted molar refractivity (Wildman–Crippen MR) is 123 cm³/mol. The number of hydrogen-bond acceptors (Lipinski definition) is 4. The Labute approximate surface area is 179 Å². The Hall–Kier alpha value is -4.19. The van der Waals surface area contributed by atoms with Crippen LogP contribution in [0.25, 0.3) is 16.6 Å². The van der Waals surface area contributed by atoms with Crippen molar-refractivity contribution < 1.29 is 4.79 Å². The summed E-state index contributed by atoms with van der Waals surface area (Å²) < 4.78 is 1.83. The van der Waals surface area contributed by atoms with Gasteiger partial charge in [-0.05, 0) is 48.4 Å². The molecule has 152 valence electrons. The molecular formula is C25H21N5O. The molecule has 3 N–H and O–H groups in total. The molecule has 0 spiro atoms. The summed E-state index contributed by atoms with van der Waals surface area (Å²) in [6.45, 7) is 2.02. The first kappa shape index (κ1) is 18.8. The Morgan fingerprint density at radius 2 is 1.74 bits per heavy atom. The van der Waals surface area contributed by atoms with Gasteiger partial charge < -0.3 is 11.1 Å². The van der Waals surface area contributed by atoms with Crippen molar-refractivity contribution in [1.82, 2.24) is 14.4 Å². The van der Waals surface area contributed by atoms with Gasteiger partial charge in [0, 0.05) is 29.3 Å². The lowest BCUT2D eigenvalue weighted by molar-refractivity contribution is 0.102. The number of aromatic nitrogens is 3. The van der Waals surface area contributed by atoms with Crippen molar-refractivity contribution in [2.45, 2.75) is 13.3 Å². The van der Waals surface area contributed by atoms with Gasteiger partial charge in [0.25, 0.3) is 5.91 Å². The molecule has 0 fully saturated rings. The molecule has 2 aromatic heterocycles. The smallest absolute Gasteiger partial charge is 0.255 e. The molecular weight excluding hydrogens is 386 g/mol. The number of nitrogens with zero attached hydrogens (tertiary/aromatic N) is 3. The highest BCUT2D eigenvalue weighted by atomic mass is 16.1. The molecule has 0 unspecified atom stereocenters. The molecule has 6 heteroatoms. The first-order valence-electron chi connectivity index (χ1n) is 10.1. The number of imidazole rings is 1. The standard InChI is InChI=1S/C25H21N5O/c1-16-6-5-9-21-22(16)29-25(26)30-15-20(27-23(21)30)14-17-10-12-18(13-11-17)24(31)28-19-7-3-2-4-8-19/h2-13,15H,14H2,1H3,(H2,26,29)(H,28,31). The van der Waals surface area contributed by atoms with Crippen LogP contribution in [0.5, 0.6) is 0 Å². The van der Waals surface area contributed by atoms with Gasteiger partial charge in [0.15, 0.2) is 0 Å². The Morgan fingerprint density at radius 3 is 2.52 bits per heavy atom. The monoisotopic (exact) mass is 407 g/mol. The lowest BCUT2D eigenvalue weighted by Gasteiger charge is -2.06. The van der Waals surface area contributed by atoms with Crippen molar-refractivity contribution in [2.75, 3.05) is 11.1 Å². The summed E-state index contributed by atoms with van der Waals surface area (Å²) in [5.41, 5.74) is 12.3. The van der Waals surface area contributed by atoms with Gasteiger partial charge in [0.1, 0.15) is 5.65 Å². The van der Waals surface area contributed by atoms with E-state index in [4.69, 9.17) is 10.7 Å². The summed E-state index contributed by atoms with van der Waals surface area (Å²) in [6.07, 6.45) is 2.56. The number of hydrogen-bond donors (Lipinski definition) is 2. The average Bonchev–Trinajstić information content (AvgIpc) is 3.20. The molecule has 0 saturated heterocycles. The summed E-state index contributed by atoms with van der Waals surface area (Å²) in [4.78, 5) is 21.8. The SMILES string of the molecule is Cc1cccc2c1nc(N)n1cc(Cc3ccc(C(=O)Nc4ccccc4)cc3)nc21.